The molecule has 0 spiro atoms. The van der Waals surface area contributed by atoms with Crippen LogP contribution in [0.15, 0.2) is 121 Å². The van der Waals surface area contributed by atoms with Crippen molar-refractivity contribution in [1.29, 1.82) is 0 Å². The number of nitrogens with one attached hydrogen (secondary N) is 1. The van der Waals surface area contributed by atoms with Gasteiger partial charge in [-0.2, -0.15) is 0 Å². The Bertz CT molecular complexity index is 2820. The Morgan fingerprint density at radius 3 is 1.07 bits per heavy atom. The Morgan fingerprint density at radius 2 is 0.733 bits per heavy atom. The Hall–Kier alpha value is -6.14. The van der Waals surface area contributed by atoms with Crippen molar-refractivity contribution in [3.8, 4) is 44.5 Å². The summed E-state index contributed by atoms with van der Waals surface area (Å²) in [5, 5.41) is 12.7. The number of aryl methyl sites for hydroxylation is 3. The summed E-state index contributed by atoms with van der Waals surface area (Å²) >= 11 is 0. The summed E-state index contributed by atoms with van der Waals surface area (Å²) in [5.74, 6) is 0. The number of rotatable bonds is 11. The van der Waals surface area contributed by atoms with Gasteiger partial charge in [-0.15, -0.1) is 22.1 Å². The summed E-state index contributed by atoms with van der Waals surface area (Å²) < 4.78 is 0. The normalized spacial score (nSPS) is 11.8. The molecule has 4 aromatic carbocycles. The van der Waals surface area contributed by atoms with Crippen LogP contribution in [0.5, 0.6) is 0 Å². The predicted molar refractivity (Wildman–Crippen MR) is 247 cm³/mol. The van der Waals surface area contributed by atoms with Crippen LogP contribution >= 0.6 is 0 Å². The summed E-state index contributed by atoms with van der Waals surface area (Å²) in [7, 11) is 0. The molecule has 7 heteroatoms. The third-order valence-corrected chi connectivity index (χ3v) is 11.2. The molecule has 0 saturated heterocycles. The van der Waals surface area contributed by atoms with Gasteiger partial charge < -0.3 is 20.4 Å². The largest absolute Gasteiger partial charge is 2.00 e. The van der Waals surface area contributed by atoms with Gasteiger partial charge in [0.2, 0.25) is 0 Å². The zero-order valence-electron chi connectivity index (χ0n) is 34.5. The Morgan fingerprint density at radius 1 is 0.417 bits per heavy atom. The number of hydrogen-bond acceptors (Lipinski definition) is 4. The second kappa shape index (κ2) is 18.0. The fourth-order valence-electron chi connectivity index (χ4n) is 8.01. The molecule has 0 fully saturated rings. The molecule has 3 aromatic heterocycles. The van der Waals surface area contributed by atoms with Gasteiger partial charge in [0.1, 0.15) is 0 Å². The Balaban J connectivity index is 0.00000499. The first-order chi connectivity index (χ1) is 28.9. The number of nitrogens with zero attached hydrogens (tertiary/aromatic N) is 4. The molecule has 9 rings (SSSR count). The number of anilines is 1. The van der Waals surface area contributed by atoms with Crippen molar-refractivity contribution >= 4 is 52.1 Å². The third kappa shape index (κ3) is 8.47. The van der Waals surface area contributed by atoms with E-state index in [1.807, 2.05) is 0 Å². The summed E-state index contributed by atoms with van der Waals surface area (Å²) in [6.07, 6.45) is 12.5. The number of fused-ring (bicyclic) bond motifs is 8. The van der Waals surface area contributed by atoms with E-state index in [9.17, 15) is 0 Å². The van der Waals surface area contributed by atoms with E-state index in [0.29, 0.717) is 0 Å². The quantitative estimate of drug-likeness (QED) is 0.0997. The maximum absolute atomic E-state index is 9.13. The first-order valence-electron chi connectivity index (χ1n) is 20.6. The molecule has 60 heavy (non-hydrogen) atoms. The van der Waals surface area contributed by atoms with Gasteiger partial charge in [0, 0.05) is 18.8 Å². The second-order valence-electron chi connectivity index (χ2n) is 15.6. The van der Waals surface area contributed by atoms with E-state index in [0.717, 1.165) is 127 Å². The van der Waals surface area contributed by atoms with Crippen molar-refractivity contribution in [2.24, 2.45) is 0 Å². The summed E-state index contributed by atoms with van der Waals surface area (Å²) in [5.41, 5.74) is 19.5. The molecule has 0 radical (unpaired) electrons. The van der Waals surface area contributed by atoms with E-state index < -0.39 is 0 Å². The van der Waals surface area contributed by atoms with Crippen LogP contribution in [0.1, 0.15) is 65.1 Å². The van der Waals surface area contributed by atoms with Crippen LogP contribution in [-0.4, -0.2) is 28.2 Å². The average Bonchev–Trinajstić information content (AvgIpc) is 4.10. The molecule has 0 aliphatic carbocycles. The van der Waals surface area contributed by atoms with Crippen molar-refractivity contribution in [3.63, 3.8) is 0 Å². The molecule has 2 aliphatic heterocycles. The number of hydrogen-bond donors (Lipinski definition) is 2. The molecule has 0 atom stereocenters. The SMILES string of the molecule is Cc1ccc(-c2c3nc(c(-c4ccc(C)cc4)c4ccc([n-]4)c(-c4ccc(NCCCCCCO)cc4)c4nc(c(-c5ccc(C)cc5)c5ccc2[n-]5)C=C4)C=C3)cc1.[Zn+2]. The van der Waals surface area contributed by atoms with Gasteiger partial charge in [-0.25, -0.2) is 9.97 Å². The molecule has 5 heterocycles. The number of benzene rings is 4. The average molecular weight is 835 g/mol. The summed E-state index contributed by atoms with van der Waals surface area (Å²) in [6, 6.07) is 43.0. The van der Waals surface area contributed by atoms with Gasteiger partial charge >= 0.3 is 19.5 Å². The van der Waals surface area contributed by atoms with Crippen LogP contribution in [0.4, 0.5) is 5.69 Å². The summed E-state index contributed by atoms with van der Waals surface area (Å²) in [4.78, 5) is 21.6. The van der Waals surface area contributed by atoms with Gasteiger partial charge in [0.15, 0.2) is 0 Å². The number of unbranched alkanes of at least 4 members (excludes halogenated alkanes) is 3. The van der Waals surface area contributed by atoms with Crippen LogP contribution in [-0.2, 0) is 19.5 Å². The van der Waals surface area contributed by atoms with Crippen molar-refractivity contribution < 1.29 is 24.6 Å². The standard InChI is InChI=1S/C53H47N5O.Zn/c1-34-8-14-37(15-9-34)50-42-24-26-44(55-42)51(38-16-10-35(2)11-17-38)46-28-30-48(57-46)53(40-20-22-41(23-21-40)54-32-6-4-5-7-33-59)49-31-29-47(58-49)52(45-27-25-43(50)56-45)39-18-12-36(3)13-19-39;/h8-31,54,59H,4-7,32-33H2,1-3H3;/q-2;+2. The predicted octanol–water partition coefficient (Wildman–Crippen LogP) is 12.5. The Kier molecular flexibility index (Phi) is 12.2. The number of aliphatic hydroxyl groups excluding tert-OH is 1. The molecular formula is C53H47N5OZn. The van der Waals surface area contributed by atoms with E-state index in [4.69, 9.17) is 25.0 Å². The molecule has 0 amide bonds. The van der Waals surface area contributed by atoms with Crippen LogP contribution < -0.4 is 15.3 Å². The molecule has 8 bridgehead atoms. The van der Waals surface area contributed by atoms with Crippen LogP contribution in [0.3, 0.4) is 0 Å². The van der Waals surface area contributed by atoms with Crippen LogP contribution in [0.2, 0.25) is 0 Å². The minimum Gasteiger partial charge on any atom is -0.657 e. The van der Waals surface area contributed by atoms with Crippen LogP contribution in [0.25, 0.3) is 90.9 Å². The first kappa shape index (κ1) is 40.6. The molecule has 2 aliphatic rings. The fraction of sp³-hybridized carbons (Fsp3) is 0.170. The van der Waals surface area contributed by atoms with Crippen molar-refractivity contribution in [1.82, 2.24) is 19.9 Å². The first-order valence-corrected chi connectivity index (χ1v) is 20.6. The minimum absolute atomic E-state index is 0. The molecular weight excluding hydrogens is 788 g/mol. The van der Waals surface area contributed by atoms with E-state index in [1.54, 1.807) is 0 Å². The molecule has 0 unspecified atom stereocenters. The Labute approximate surface area is 365 Å². The van der Waals surface area contributed by atoms with Gasteiger partial charge in [0.25, 0.3) is 0 Å². The van der Waals surface area contributed by atoms with Crippen molar-refractivity contribution in [2.75, 3.05) is 18.5 Å². The van der Waals surface area contributed by atoms with E-state index in [1.165, 1.54) is 16.7 Å². The zero-order chi connectivity index (χ0) is 40.3. The second-order valence-corrected chi connectivity index (χ2v) is 15.6. The fourth-order valence-corrected chi connectivity index (χ4v) is 8.01. The van der Waals surface area contributed by atoms with E-state index in [2.05, 4.69) is 172 Å². The van der Waals surface area contributed by atoms with Crippen molar-refractivity contribution in [3.05, 3.63) is 161 Å². The van der Waals surface area contributed by atoms with Crippen LogP contribution in [0, 0.1) is 20.8 Å². The molecule has 292 valence electrons. The van der Waals surface area contributed by atoms with E-state index in [-0.39, 0.29) is 26.1 Å². The number of aromatic nitrogens is 4. The van der Waals surface area contributed by atoms with Crippen molar-refractivity contribution in [2.45, 2.75) is 46.5 Å². The van der Waals surface area contributed by atoms with Gasteiger partial charge in [0.05, 0.1) is 22.8 Å². The van der Waals surface area contributed by atoms with Gasteiger partial charge in [-0.05, 0) is 115 Å². The monoisotopic (exact) mass is 833 g/mol. The topological polar surface area (TPSA) is 86.2 Å². The van der Waals surface area contributed by atoms with E-state index >= 15 is 0 Å². The molecule has 2 N–H and O–H groups in total. The van der Waals surface area contributed by atoms with Gasteiger partial charge in [-0.3, -0.25) is 0 Å². The minimum atomic E-state index is 0. The number of aliphatic hydroxyl groups is 1. The maximum Gasteiger partial charge on any atom is 2.00 e. The smallest absolute Gasteiger partial charge is 0.657 e. The molecule has 7 aromatic rings. The molecule has 6 nitrogen and oxygen atoms in total. The maximum atomic E-state index is 9.13. The molecule has 0 saturated carbocycles. The third-order valence-electron chi connectivity index (χ3n) is 11.2. The summed E-state index contributed by atoms with van der Waals surface area (Å²) in [6.45, 7) is 7.48. The zero-order valence-corrected chi connectivity index (χ0v) is 37.5. The van der Waals surface area contributed by atoms with Gasteiger partial charge in [-0.1, -0.05) is 139 Å².